The summed E-state index contributed by atoms with van der Waals surface area (Å²) in [4.78, 5) is 10.9. The van der Waals surface area contributed by atoms with E-state index in [4.69, 9.17) is 5.11 Å². The number of anilines is 1. The van der Waals surface area contributed by atoms with Crippen molar-refractivity contribution in [1.29, 1.82) is 0 Å². The number of carboxylic acid groups (broad SMARTS) is 1. The van der Waals surface area contributed by atoms with E-state index < -0.39 is 11.8 Å². The van der Waals surface area contributed by atoms with Crippen LogP contribution in [-0.4, -0.2) is 28.6 Å². The molecule has 3 nitrogen and oxygen atoms in total. The molecule has 0 bridgehead atoms. The van der Waals surface area contributed by atoms with Gasteiger partial charge >= 0.3 is 5.97 Å². The molecule has 1 fully saturated rings. The number of aromatic carboxylic acids is 1. The van der Waals surface area contributed by atoms with E-state index in [-0.39, 0.29) is 14.8 Å². The van der Waals surface area contributed by atoms with Crippen molar-refractivity contribution in [3.8, 4) is 0 Å². The summed E-state index contributed by atoms with van der Waals surface area (Å²) >= 11 is 4.84. The zero-order valence-electron chi connectivity index (χ0n) is 11.2. The maximum atomic E-state index is 14.1. The Hall–Kier alpha value is -0.750. The molecule has 2 rings (SSSR count). The maximum absolute atomic E-state index is 14.1. The molecule has 0 saturated heterocycles. The second kappa shape index (κ2) is 6.35. The van der Waals surface area contributed by atoms with Crippen LogP contribution in [-0.2, 0) is 0 Å². The van der Waals surface area contributed by atoms with Crippen molar-refractivity contribution in [3.05, 3.63) is 28.0 Å². The topological polar surface area (TPSA) is 49.3 Å². The Bertz CT molecular complexity index is 518. The van der Waals surface area contributed by atoms with E-state index in [0.717, 1.165) is 12.8 Å². The van der Waals surface area contributed by atoms with Crippen molar-refractivity contribution in [3.63, 3.8) is 0 Å². The lowest BCUT2D eigenvalue weighted by atomic mass is 10.1. The van der Waals surface area contributed by atoms with Gasteiger partial charge < -0.3 is 10.4 Å². The molecule has 20 heavy (non-hydrogen) atoms. The number of carboxylic acids is 1. The third-order valence-corrected chi connectivity index (χ3v) is 6.06. The van der Waals surface area contributed by atoms with E-state index in [9.17, 15) is 9.18 Å². The minimum atomic E-state index is -1.14. The van der Waals surface area contributed by atoms with Crippen molar-refractivity contribution in [1.82, 2.24) is 0 Å². The molecule has 1 aromatic carbocycles. The minimum absolute atomic E-state index is 0.000349. The fourth-order valence-electron chi connectivity index (χ4n) is 2.58. The number of rotatable bonds is 5. The zero-order valence-corrected chi connectivity index (χ0v) is 13.6. The van der Waals surface area contributed by atoms with Crippen LogP contribution in [0.1, 0.15) is 36.0 Å². The van der Waals surface area contributed by atoms with Crippen LogP contribution in [0.25, 0.3) is 0 Å². The molecule has 0 heterocycles. The van der Waals surface area contributed by atoms with Gasteiger partial charge in [-0.3, -0.25) is 0 Å². The van der Waals surface area contributed by atoms with E-state index in [1.165, 1.54) is 25.0 Å². The molecular formula is C14H17BrFNO2S. The van der Waals surface area contributed by atoms with Crippen molar-refractivity contribution < 1.29 is 14.3 Å². The predicted molar refractivity (Wildman–Crippen MR) is 84.3 cm³/mol. The first-order valence-corrected chi connectivity index (χ1v) is 8.51. The molecule has 1 aliphatic carbocycles. The van der Waals surface area contributed by atoms with Gasteiger partial charge in [-0.15, -0.1) is 0 Å². The van der Waals surface area contributed by atoms with Gasteiger partial charge in [-0.1, -0.05) is 12.8 Å². The number of thioether (sulfide) groups is 1. The van der Waals surface area contributed by atoms with Gasteiger partial charge in [0, 0.05) is 11.3 Å². The van der Waals surface area contributed by atoms with Gasteiger partial charge in [0.25, 0.3) is 0 Å². The molecule has 0 aliphatic heterocycles. The Morgan fingerprint density at radius 1 is 1.50 bits per heavy atom. The summed E-state index contributed by atoms with van der Waals surface area (Å²) in [6.07, 6.45) is 6.79. The predicted octanol–water partition coefficient (Wildman–Crippen LogP) is 4.37. The van der Waals surface area contributed by atoms with Crippen molar-refractivity contribution in [2.75, 3.05) is 18.1 Å². The summed E-state index contributed by atoms with van der Waals surface area (Å²) in [6.45, 7) is 0.698. The largest absolute Gasteiger partial charge is 0.478 e. The van der Waals surface area contributed by atoms with Crippen LogP contribution >= 0.6 is 27.7 Å². The first-order chi connectivity index (χ1) is 9.49. The first-order valence-electron chi connectivity index (χ1n) is 6.49. The second-order valence-corrected chi connectivity index (χ2v) is 7.11. The molecule has 1 aliphatic rings. The smallest absolute Gasteiger partial charge is 0.336 e. The Labute approximate surface area is 130 Å². The molecule has 6 heteroatoms. The van der Waals surface area contributed by atoms with Crippen LogP contribution in [0.4, 0.5) is 10.1 Å². The van der Waals surface area contributed by atoms with Crippen molar-refractivity contribution >= 4 is 39.3 Å². The summed E-state index contributed by atoms with van der Waals surface area (Å²) in [5.41, 5.74) is 0.288. The summed E-state index contributed by atoms with van der Waals surface area (Å²) in [5, 5.41) is 12.1. The van der Waals surface area contributed by atoms with Gasteiger partial charge in [0.1, 0.15) is 0 Å². The average molecular weight is 362 g/mol. The summed E-state index contributed by atoms with van der Waals surface area (Å²) < 4.78 is 14.3. The second-order valence-electron chi connectivity index (χ2n) is 5.04. The van der Waals surface area contributed by atoms with Gasteiger partial charge in [-0.2, -0.15) is 11.8 Å². The normalized spacial score (nSPS) is 17.1. The molecule has 0 atom stereocenters. The molecule has 1 saturated carbocycles. The number of benzene rings is 1. The fraction of sp³-hybridized carbons (Fsp3) is 0.500. The molecule has 0 amide bonds. The third kappa shape index (κ3) is 3.11. The molecule has 1 aromatic rings. The SMILES string of the molecule is CSC1(CNc2ccc(C(=O)O)c(Br)c2F)CCCC1. The quantitative estimate of drug-likeness (QED) is 0.817. The highest BCUT2D eigenvalue weighted by atomic mass is 79.9. The van der Waals surface area contributed by atoms with Crippen LogP contribution in [0.5, 0.6) is 0 Å². The van der Waals surface area contributed by atoms with Crippen molar-refractivity contribution in [2.24, 2.45) is 0 Å². The van der Waals surface area contributed by atoms with Gasteiger partial charge in [0.2, 0.25) is 0 Å². The number of halogens is 2. The number of hydrogen-bond acceptors (Lipinski definition) is 3. The highest BCUT2D eigenvalue weighted by Gasteiger charge is 2.33. The molecule has 2 N–H and O–H groups in total. The van der Waals surface area contributed by atoms with Gasteiger partial charge in [-0.25, -0.2) is 9.18 Å². The minimum Gasteiger partial charge on any atom is -0.478 e. The summed E-state index contributed by atoms with van der Waals surface area (Å²) in [5.74, 6) is -1.68. The summed E-state index contributed by atoms with van der Waals surface area (Å²) in [7, 11) is 0. The molecule has 110 valence electrons. The number of carbonyl (C=O) groups is 1. The molecular weight excluding hydrogens is 345 g/mol. The lowest BCUT2D eigenvalue weighted by Gasteiger charge is -2.27. The Morgan fingerprint density at radius 2 is 2.15 bits per heavy atom. The lowest BCUT2D eigenvalue weighted by molar-refractivity contribution is 0.0695. The molecule has 0 unspecified atom stereocenters. The average Bonchev–Trinajstić information content (AvgIpc) is 2.89. The first kappa shape index (κ1) is 15.6. The van der Waals surface area contributed by atoms with E-state index in [0.29, 0.717) is 12.2 Å². The van der Waals surface area contributed by atoms with E-state index in [1.807, 2.05) is 11.8 Å². The lowest BCUT2D eigenvalue weighted by Crippen LogP contribution is -2.30. The monoisotopic (exact) mass is 361 g/mol. The van der Waals surface area contributed by atoms with Crippen LogP contribution < -0.4 is 5.32 Å². The Kier molecular flexibility index (Phi) is 4.96. The standard InChI is InChI=1S/C14H17BrFNO2S/c1-20-14(6-2-3-7-14)8-17-10-5-4-9(13(18)19)11(15)12(10)16/h4-5,17H,2-3,6-8H2,1H3,(H,18,19). The Morgan fingerprint density at radius 3 is 2.70 bits per heavy atom. The fourth-order valence-corrected chi connectivity index (χ4v) is 4.01. The molecule has 0 radical (unpaired) electrons. The number of hydrogen-bond donors (Lipinski definition) is 2. The van der Waals surface area contributed by atoms with Crippen LogP contribution in [0.15, 0.2) is 16.6 Å². The molecule has 0 aromatic heterocycles. The van der Waals surface area contributed by atoms with Gasteiger partial charge in [0.05, 0.1) is 15.7 Å². The van der Waals surface area contributed by atoms with Crippen LogP contribution in [0.3, 0.4) is 0 Å². The third-order valence-electron chi connectivity index (χ3n) is 3.86. The van der Waals surface area contributed by atoms with Crippen LogP contribution in [0, 0.1) is 5.82 Å². The summed E-state index contributed by atoms with van der Waals surface area (Å²) in [6, 6.07) is 2.91. The van der Waals surface area contributed by atoms with Crippen molar-refractivity contribution in [2.45, 2.75) is 30.4 Å². The molecule has 0 spiro atoms. The van der Waals surface area contributed by atoms with Gasteiger partial charge in [0.15, 0.2) is 5.82 Å². The highest BCUT2D eigenvalue weighted by molar-refractivity contribution is 9.10. The number of nitrogens with one attached hydrogen (secondary N) is 1. The van der Waals surface area contributed by atoms with E-state index >= 15 is 0 Å². The Balaban J connectivity index is 2.14. The van der Waals surface area contributed by atoms with Gasteiger partial charge in [-0.05, 0) is 47.2 Å². The zero-order chi connectivity index (χ0) is 14.8. The van der Waals surface area contributed by atoms with E-state index in [2.05, 4.69) is 27.5 Å². The maximum Gasteiger partial charge on any atom is 0.336 e. The van der Waals surface area contributed by atoms with Crippen LogP contribution in [0.2, 0.25) is 0 Å². The van der Waals surface area contributed by atoms with E-state index in [1.54, 1.807) is 0 Å². The highest BCUT2D eigenvalue weighted by Crippen LogP contribution is 2.40.